The Morgan fingerprint density at radius 3 is 2.41 bits per heavy atom. The zero-order chi connectivity index (χ0) is 50.6. The van der Waals surface area contributed by atoms with Crippen LogP contribution in [0.15, 0.2) is 98.5 Å². The molecular weight excluding hydrogens is 927 g/mol. The summed E-state index contributed by atoms with van der Waals surface area (Å²) in [5.41, 5.74) is 2.04. The summed E-state index contributed by atoms with van der Waals surface area (Å²) >= 11 is 0. The number of carbonyl (C=O) groups excluding carboxylic acids is 1. The molecular formula is C51H59N3O17. The van der Waals surface area contributed by atoms with E-state index >= 15 is 0 Å². The number of phenols is 1. The Morgan fingerprint density at radius 1 is 0.944 bits per heavy atom. The standard InChI is InChI=1S/C51H59N3O17/c1-28-21-29(7-5-6-19-55)23-32(22-28)41-40-31(16-18-52-40)25-54(41)71-45-43(60)44(61)46(51(66,27-57)70-48(64)39(47(62)63)50(65,17-20-56)53-33-8-3-2-4-9-33)69-49(45)68-35-14-15-36-38(24-35)67-26-37(42(36)59)30-10-12-34(58)13-11-30/h10-16,18,21-24,26,33,39,43-46,49,53,55-58,60-61,65-66H,2-9,17,19-20,25,27H2,1H3,(H,62,63)/t39-,43+,44+,45-,46+,49-,50-,51+/m0/s1. The molecule has 3 aromatic carbocycles. The zero-order valence-corrected chi connectivity index (χ0v) is 38.9. The highest BCUT2D eigenvalue weighted by molar-refractivity contribution is 5.95. The van der Waals surface area contributed by atoms with Crippen molar-refractivity contribution in [2.24, 2.45) is 10.9 Å². The average Bonchev–Trinajstić information content (AvgIpc) is 3.93. The van der Waals surface area contributed by atoms with E-state index in [2.05, 4.69) is 10.3 Å². The molecule has 10 N–H and O–H groups in total. The van der Waals surface area contributed by atoms with Crippen molar-refractivity contribution in [3.63, 3.8) is 0 Å². The molecule has 1 aromatic heterocycles. The van der Waals surface area contributed by atoms with Crippen LogP contribution in [0.1, 0.15) is 68.1 Å². The van der Waals surface area contributed by atoms with Crippen molar-refractivity contribution in [2.45, 2.75) is 113 Å². The minimum absolute atomic E-state index is 0.000839. The summed E-state index contributed by atoms with van der Waals surface area (Å²) in [6, 6.07) is 15.5. The molecule has 8 atom stereocenters. The minimum Gasteiger partial charge on any atom is -0.508 e. The number of nitrogens with one attached hydrogen (secondary N) is 1. The molecule has 8 rings (SSSR count). The largest absolute Gasteiger partial charge is 0.508 e. The highest BCUT2D eigenvalue weighted by Crippen LogP contribution is 2.42. The fourth-order valence-electron chi connectivity index (χ4n) is 9.72. The second kappa shape index (κ2) is 21.8. The van der Waals surface area contributed by atoms with Crippen LogP contribution in [0.3, 0.4) is 0 Å². The molecule has 0 spiro atoms. The highest BCUT2D eigenvalue weighted by atomic mass is 16.8. The number of hydroxylamine groups is 2. The first-order valence-corrected chi connectivity index (χ1v) is 23.6. The Labute approximate surface area is 407 Å². The molecule has 4 aliphatic rings. The summed E-state index contributed by atoms with van der Waals surface area (Å²) in [5, 5.41) is 102. The van der Waals surface area contributed by atoms with Crippen LogP contribution in [0.2, 0.25) is 0 Å². The molecule has 4 heterocycles. The van der Waals surface area contributed by atoms with E-state index in [4.69, 9.17) is 23.5 Å². The second-order valence-corrected chi connectivity index (χ2v) is 18.4. The molecule has 1 saturated carbocycles. The van der Waals surface area contributed by atoms with Crippen LogP contribution in [0.5, 0.6) is 11.5 Å². The Morgan fingerprint density at radius 2 is 1.70 bits per heavy atom. The SMILES string of the molecule is Cc1cc(CCCCO)cc(C2=C3N=CC=C3CN2O[C@@H]2[C@@H](Oc3ccc4c(=O)c(-c5ccc(O)cc5)coc4c3)O[C@@H]([C@@](O)(CO)OC(=O)[C@H](C(=O)O)[C@@](O)(CCO)NC3CCCCC3)[C@H](O)[C@H]2O)c1. The average molecular weight is 986 g/mol. The molecule has 0 unspecified atom stereocenters. The smallest absolute Gasteiger partial charge is 0.327 e. The van der Waals surface area contributed by atoms with Gasteiger partial charge in [0.15, 0.2) is 23.6 Å². The number of aliphatic carboxylic acids is 1. The molecule has 20 heteroatoms. The van der Waals surface area contributed by atoms with Gasteiger partial charge in [0.1, 0.15) is 47.9 Å². The van der Waals surface area contributed by atoms with Gasteiger partial charge in [0, 0.05) is 49.1 Å². The van der Waals surface area contributed by atoms with Crippen molar-refractivity contribution in [1.82, 2.24) is 10.4 Å². The number of fused-ring (bicyclic) bond motifs is 2. The van der Waals surface area contributed by atoms with Gasteiger partial charge in [-0.05, 0) is 92.6 Å². The van der Waals surface area contributed by atoms with E-state index in [1.165, 1.54) is 41.7 Å². The van der Waals surface area contributed by atoms with Crippen molar-refractivity contribution in [3.05, 3.63) is 111 Å². The predicted octanol–water partition coefficient (Wildman–Crippen LogP) is 2.53. The van der Waals surface area contributed by atoms with Crippen molar-refractivity contribution in [2.75, 3.05) is 26.4 Å². The number of benzene rings is 3. The van der Waals surface area contributed by atoms with Crippen LogP contribution < -0.4 is 15.5 Å². The number of carboxylic acid groups (broad SMARTS) is 1. The van der Waals surface area contributed by atoms with Crippen LogP contribution in [-0.2, 0) is 30.3 Å². The van der Waals surface area contributed by atoms with Crippen molar-refractivity contribution < 1.29 is 79.0 Å². The van der Waals surface area contributed by atoms with Crippen LogP contribution in [-0.4, -0.2) is 144 Å². The van der Waals surface area contributed by atoms with Crippen molar-refractivity contribution >= 4 is 34.8 Å². The lowest BCUT2D eigenvalue weighted by atomic mass is 9.88. The quantitative estimate of drug-likeness (QED) is 0.0263. The van der Waals surface area contributed by atoms with E-state index in [-0.39, 0.29) is 41.2 Å². The van der Waals surface area contributed by atoms with E-state index in [0.717, 1.165) is 42.4 Å². The van der Waals surface area contributed by atoms with Crippen LogP contribution in [0.4, 0.5) is 0 Å². The first kappa shape index (κ1) is 51.3. The molecule has 3 aliphatic heterocycles. The monoisotopic (exact) mass is 985 g/mol. The van der Waals surface area contributed by atoms with Gasteiger partial charge in [-0.3, -0.25) is 29.5 Å². The number of rotatable bonds is 20. The zero-order valence-electron chi connectivity index (χ0n) is 38.9. The number of unbranched alkanes of at least 4 members (excludes halogenated alkanes) is 1. The maximum Gasteiger partial charge on any atom is 0.327 e. The lowest BCUT2D eigenvalue weighted by Gasteiger charge is -2.47. The molecule has 0 amide bonds. The number of phenolic OH excluding ortho intramolecular Hbond substituents is 1. The number of carboxylic acids is 1. The Hall–Kier alpha value is -6.04. The molecule has 4 aromatic rings. The molecule has 0 bridgehead atoms. The lowest BCUT2D eigenvalue weighted by Crippen LogP contribution is -2.69. The van der Waals surface area contributed by atoms with Crippen molar-refractivity contribution in [1.29, 1.82) is 0 Å². The number of aliphatic hydroxyl groups is 7. The van der Waals surface area contributed by atoms with Gasteiger partial charge < -0.3 is 64.6 Å². The molecule has 1 aliphatic carbocycles. The van der Waals surface area contributed by atoms with E-state index in [1.807, 2.05) is 25.1 Å². The fourth-order valence-corrected chi connectivity index (χ4v) is 9.72. The lowest BCUT2D eigenvalue weighted by molar-refractivity contribution is -0.372. The molecule has 1 saturated heterocycles. The predicted molar refractivity (Wildman–Crippen MR) is 253 cm³/mol. The van der Waals surface area contributed by atoms with E-state index in [9.17, 15) is 60.3 Å². The Bertz CT molecular complexity index is 2730. The topological polar surface area (TPSA) is 311 Å². The number of aromatic hydroxyl groups is 1. The van der Waals surface area contributed by atoms with Crippen LogP contribution >= 0.6 is 0 Å². The summed E-state index contributed by atoms with van der Waals surface area (Å²) in [6.07, 6.45) is -0.837. The van der Waals surface area contributed by atoms with Gasteiger partial charge in [-0.1, -0.05) is 43.0 Å². The van der Waals surface area contributed by atoms with E-state index in [0.29, 0.717) is 48.2 Å². The number of nitrogens with zero attached hydrogens (tertiary/aromatic N) is 2. The number of ether oxygens (including phenoxy) is 3. The van der Waals surface area contributed by atoms with Gasteiger partial charge in [-0.25, -0.2) is 5.06 Å². The molecule has 0 radical (unpaired) electrons. The van der Waals surface area contributed by atoms with Gasteiger partial charge in [0.25, 0.3) is 5.79 Å². The third kappa shape index (κ3) is 10.9. The maximum atomic E-state index is 14.0. The summed E-state index contributed by atoms with van der Waals surface area (Å²) in [5.74, 6) is -9.59. The first-order valence-electron chi connectivity index (χ1n) is 23.6. The number of aliphatic hydroxyl groups excluding tert-OH is 5. The number of aryl methyl sites for hydroxylation is 2. The summed E-state index contributed by atoms with van der Waals surface area (Å²) in [6.45, 7) is -0.256. The van der Waals surface area contributed by atoms with E-state index < -0.39 is 91.2 Å². The summed E-state index contributed by atoms with van der Waals surface area (Å²) in [4.78, 5) is 51.6. The third-order valence-corrected chi connectivity index (χ3v) is 13.3. The second-order valence-electron chi connectivity index (χ2n) is 18.4. The maximum absolute atomic E-state index is 14.0. The summed E-state index contributed by atoms with van der Waals surface area (Å²) < 4.78 is 23.7. The Kier molecular flexibility index (Phi) is 15.7. The first-order chi connectivity index (χ1) is 34.1. The normalized spacial score (nSPS) is 23.5. The van der Waals surface area contributed by atoms with Gasteiger partial charge in [-0.2, -0.15) is 0 Å². The van der Waals surface area contributed by atoms with Crippen LogP contribution in [0, 0.1) is 12.8 Å². The molecule has 71 heavy (non-hydrogen) atoms. The number of aliphatic imine (C=N–C) groups is 1. The number of carbonyl (C=O) groups is 2. The van der Waals surface area contributed by atoms with Gasteiger partial charge in [0.2, 0.25) is 6.29 Å². The van der Waals surface area contributed by atoms with Gasteiger partial charge in [0.05, 0.1) is 28.9 Å². The third-order valence-electron chi connectivity index (χ3n) is 13.3. The highest BCUT2D eigenvalue weighted by Gasteiger charge is 2.59. The number of allylic oxidation sites excluding steroid dienone is 1. The van der Waals surface area contributed by atoms with Crippen LogP contribution in [0.25, 0.3) is 27.8 Å². The Balaban J connectivity index is 1.14. The molecule has 380 valence electrons. The molecule has 2 fully saturated rings. The summed E-state index contributed by atoms with van der Waals surface area (Å²) in [7, 11) is 0. The minimum atomic E-state index is -3.34. The van der Waals surface area contributed by atoms with Crippen molar-refractivity contribution in [3.8, 4) is 22.6 Å². The number of hydrogen-bond acceptors (Lipinski definition) is 19. The van der Waals surface area contributed by atoms with Gasteiger partial charge >= 0.3 is 11.9 Å². The number of hydrogen-bond donors (Lipinski definition) is 10. The fraction of sp³-hybridized carbons (Fsp3) is 0.451. The molecule has 20 nitrogen and oxygen atoms in total. The number of esters is 1. The van der Waals surface area contributed by atoms with Gasteiger partial charge in [-0.15, -0.1) is 0 Å². The van der Waals surface area contributed by atoms with E-state index in [1.54, 1.807) is 24.4 Å².